The van der Waals surface area contributed by atoms with Crippen molar-refractivity contribution >= 4 is 36.3 Å². The van der Waals surface area contributed by atoms with Gasteiger partial charge < -0.3 is 37.6 Å². The van der Waals surface area contributed by atoms with Gasteiger partial charge in [0.2, 0.25) is 17.7 Å². The third kappa shape index (κ3) is 9.98. The smallest absolute Gasteiger partial charge is 0.326 e. The summed E-state index contributed by atoms with van der Waals surface area (Å²) in [5.41, 5.74) is 11.7. The van der Waals surface area contributed by atoms with Crippen molar-refractivity contribution in [2.24, 2.45) is 11.5 Å². The molecule has 1 aromatic rings. The Morgan fingerprint density at radius 2 is 1.66 bits per heavy atom. The lowest BCUT2D eigenvalue weighted by molar-refractivity contribution is -0.142. The van der Waals surface area contributed by atoms with Gasteiger partial charge in [-0.2, -0.15) is 12.6 Å². The van der Waals surface area contributed by atoms with Crippen molar-refractivity contribution in [3.05, 3.63) is 29.8 Å². The van der Waals surface area contributed by atoms with Crippen LogP contribution in [0.3, 0.4) is 0 Å². The molecule has 0 aliphatic carbocycles. The standard InChI is InChI=1S/C20H31N5O6S/c21-8-2-1-3-15(20(30)31)24-17(27)10-23-19(29)16(25-18(28)14(22)11-32)9-12-4-6-13(26)7-5-12/h4-7,14-16,26,32H,1-3,8-11,21-22H2,(H,23,29)(H,24,27)(H,25,28)(H,30,31). The molecule has 0 radical (unpaired) electrons. The summed E-state index contributed by atoms with van der Waals surface area (Å²) >= 11 is 3.96. The highest BCUT2D eigenvalue weighted by molar-refractivity contribution is 7.80. The maximum absolute atomic E-state index is 12.7. The van der Waals surface area contributed by atoms with E-state index in [1.807, 2.05) is 0 Å². The van der Waals surface area contributed by atoms with Gasteiger partial charge in [-0.25, -0.2) is 4.79 Å². The number of phenolic OH excluding ortho intramolecular Hbond substituents is 1. The summed E-state index contributed by atoms with van der Waals surface area (Å²) in [7, 11) is 0. The van der Waals surface area contributed by atoms with E-state index in [2.05, 4.69) is 28.6 Å². The molecule has 0 aliphatic rings. The number of carboxylic acid groups (broad SMARTS) is 1. The maximum atomic E-state index is 12.7. The van der Waals surface area contributed by atoms with E-state index in [-0.39, 0.29) is 24.3 Å². The Balaban J connectivity index is 2.74. The molecule has 178 valence electrons. The Labute approximate surface area is 191 Å². The second kappa shape index (κ2) is 14.3. The van der Waals surface area contributed by atoms with Crippen molar-refractivity contribution < 1.29 is 29.4 Å². The minimum absolute atomic E-state index is 0.0481. The Bertz CT molecular complexity index is 776. The fraction of sp³-hybridized carbons (Fsp3) is 0.500. The third-order valence-corrected chi connectivity index (χ3v) is 4.94. The molecule has 0 bridgehead atoms. The van der Waals surface area contributed by atoms with Crippen LogP contribution in [0.25, 0.3) is 0 Å². The first-order valence-electron chi connectivity index (χ1n) is 10.1. The van der Waals surface area contributed by atoms with Gasteiger partial charge in [-0.1, -0.05) is 12.1 Å². The predicted molar refractivity (Wildman–Crippen MR) is 121 cm³/mol. The molecule has 1 rings (SSSR count). The lowest BCUT2D eigenvalue weighted by atomic mass is 10.0. The normalized spacial score (nSPS) is 13.5. The highest BCUT2D eigenvalue weighted by Gasteiger charge is 2.25. The summed E-state index contributed by atoms with van der Waals surface area (Å²) < 4.78 is 0. The number of carbonyl (C=O) groups is 4. The molecule has 0 saturated heterocycles. The quantitative estimate of drug-likeness (QED) is 0.119. The highest BCUT2D eigenvalue weighted by Crippen LogP contribution is 2.11. The van der Waals surface area contributed by atoms with Crippen LogP contribution in [0.1, 0.15) is 24.8 Å². The molecule has 0 fully saturated rings. The average Bonchev–Trinajstić information content (AvgIpc) is 2.77. The van der Waals surface area contributed by atoms with E-state index < -0.39 is 48.4 Å². The number of rotatable bonds is 14. The van der Waals surface area contributed by atoms with Crippen LogP contribution in [0, 0.1) is 0 Å². The number of hydrogen-bond donors (Lipinski definition) is 8. The van der Waals surface area contributed by atoms with Crippen molar-refractivity contribution in [1.29, 1.82) is 0 Å². The Morgan fingerprint density at radius 1 is 1.00 bits per heavy atom. The molecular weight excluding hydrogens is 438 g/mol. The van der Waals surface area contributed by atoms with Crippen LogP contribution in [-0.2, 0) is 25.6 Å². The van der Waals surface area contributed by atoms with Gasteiger partial charge in [0.1, 0.15) is 17.8 Å². The summed E-state index contributed by atoms with van der Waals surface area (Å²) in [5, 5.41) is 25.9. The lowest BCUT2D eigenvalue weighted by Crippen LogP contribution is -2.54. The number of hydrogen-bond acceptors (Lipinski definition) is 8. The molecule has 3 unspecified atom stereocenters. The van der Waals surface area contributed by atoms with E-state index in [1.165, 1.54) is 12.1 Å². The Hall–Kier alpha value is -2.83. The topological polar surface area (TPSA) is 197 Å². The van der Waals surface area contributed by atoms with Crippen LogP contribution < -0.4 is 27.4 Å². The fourth-order valence-corrected chi connectivity index (χ4v) is 2.89. The van der Waals surface area contributed by atoms with E-state index in [4.69, 9.17) is 11.5 Å². The molecule has 3 amide bonds. The van der Waals surface area contributed by atoms with Gasteiger partial charge in [-0.05, 0) is 43.5 Å². The monoisotopic (exact) mass is 469 g/mol. The molecule has 11 nitrogen and oxygen atoms in total. The minimum atomic E-state index is -1.18. The summed E-state index contributed by atoms with van der Waals surface area (Å²) in [6.07, 6.45) is 1.46. The van der Waals surface area contributed by atoms with Crippen molar-refractivity contribution in [2.45, 2.75) is 43.8 Å². The number of phenols is 1. The number of benzene rings is 1. The van der Waals surface area contributed by atoms with Crippen molar-refractivity contribution in [2.75, 3.05) is 18.8 Å². The highest BCUT2D eigenvalue weighted by atomic mass is 32.1. The van der Waals surface area contributed by atoms with Gasteiger partial charge in [0.05, 0.1) is 12.6 Å². The number of aliphatic carboxylic acids is 1. The number of nitrogens with two attached hydrogens (primary N) is 2. The zero-order chi connectivity index (χ0) is 24.1. The molecule has 9 N–H and O–H groups in total. The molecule has 3 atom stereocenters. The second-order valence-electron chi connectivity index (χ2n) is 7.18. The number of carboxylic acids is 1. The molecule has 0 heterocycles. The fourth-order valence-electron chi connectivity index (χ4n) is 2.72. The number of aromatic hydroxyl groups is 1. The van der Waals surface area contributed by atoms with E-state index in [0.29, 0.717) is 24.9 Å². The number of thiol groups is 1. The first-order valence-corrected chi connectivity index (χ1v) is 10.8. The van der Waals surface area contributed by atoms with Gasteiger partial charge in [-0.3, -0.25) is 14.4 Å². The van der Waals surface area contributed by atoms with Crippen LogP contribution in [0.4, 0.5) is 0 Å². The third-order valence-electron chi connectivity index (χ3n) is 4.55. The SMILES string of the molecule is NCCCCC(NC(=O)CNC(=O)C(Cc1ccc(O)cc1)NC(=O)C(N)CS)C(=O)O. The van der Waals surface area contributed by atoms with Gasteiger partial charge in [-0.15, -0.1) is 0 Å². The maximum Gasteiger partial charge on any atom is 0.326 e. The van der Waals surface area contributed by atoms with Gasteiger partial charge in [0.25, 0.3) is 0 Å². The molecule has 12 heteroatoms. The van der Waals surface area contributed by atoms with Crippen LogP contribution in [-0.4, -0.2) is 70.9 Å². The average molecular weight is 470 g/mol. The lowest BCUT2D eigenvalue weighted by Gasteiger charge is -2.21. The Morgan fingerprint density at radius 3 is 2.22 bits per heavy atom. The van der Waals surface area contributed by atoms with Gasteiger partial charge >= 0.3 is 5.97 Å². The Kier molecular flexibility index (Phi) is 12.1. The van der Waals surface area contributed by atoms with E-state index >= 15 is 0 Å². The van der Waals surface area contributed by atoms with Gasteiger partial charge in [0, 0.05) is 12.2 Å². The largest absolute Gasteiger partial charge is 0.508 e. The summed E-state index contributed by atoms with van der Waals surface area (Å²) in [5.74, 6) is -2.98. The van der Waals surface area contributed by atoms with Crippen molar-refractivity contribution in [3.8, 4) is 5.75 Å². The first-order chi connectivity index (χ1) is 15.2. The van der Waals surface area contributed by atoms with Crippen LogP contribution in [0.2, 0.25) is 0 Å². The molecular formula is C20H31N5O6S. The molecule has 0 aliphatic heterocycles. The second-order valence-corrected chi connectivity index (χ2v) is 7.55. The first kappa shape index (κ1) is 27.2. The molecule has 0 spiro atoms. The van der Waals surface area contributed by atoms with Crippen LogP contribution in [0.15, 0.2) is 24.3 Å². The zero-order valence-corrected chi connectivity index (χ0v) is 18.5. The molecule has 0 aromatic heterocycles. The molecule has 32 heavy (non-hydrogen) atoms. The number of carbonyl (C=O) groups excluding carboxylic acids is 3. The minimum Gasteiger partial charge on any atom is -0.508 e. The predicted octanol–water partition coefficient (Wildman–Crippen LogP) is -1.51. The summed E-state index contributed by atoms with van der Waals surface area (Å²) in [4.78, 5) is 48.2. The zero-order valence-electron chi connectivity index (χ0n) is 17.6. The van der Waals surface area contributed by atoms with E-state index in [0.717, 1.165) is 0 Å². The number of nitrogens with one attached hydrogen (secondary N) is 3. The molecule has 1 aromatic carbocycles. The number of unbranched alkanes of at least 4 members (excludes halogenated alkanes) is 1. The van der Waals surface area contributed by atoms with Crippen molar-refractivity contribution in [1.82, 2.24) is 16.0 Å². The van der Waals surface area contributed by atoms with Crippen molar-refractivity contribution in [3.63, 3.8) is 0 Å². The van der Waals surface area contributed by atoms with E-state index in [1.54, 1.807) is 12.1 Å². The van der Waals surface area contributed by atoms with Gasteiger partial charge in [0.15, 0.2) is 0 Å². The van der Waals surface area contributed by atoms with Crippen LogP contribution >= 0.6 is 12.6 Å². The number of amides is 3. The summed E-state index contributed by atoms with van der Waals surface area (Å²) in [6, 6.07) is 2.99. The van der Waals surface area contributed by atoms with Crippen LogP contribution in [0.5, 0.6) is 5.75 Å². The summed E-state index contributed by atoms with van der Waals surface area (Å²) in [6.45, 7) is -0.0541. The van der Waals surface area contributed by atoms with E-state index in [9.17, 15) is 29.4 Å². The molecule has 0 saturated carbocycles.